The second-order valence-electron chi connectivity index (χ2n) is 2.73. The summed E-state index contributed by atoms with van der Waals surface area (Å²) in [5.74, 6) is -0.0520. The summed E-state index contributed by atoms with van der Waals surface area (Å²) in [4.78, 5) is 0. The Morgan fingerprint density at radius 1 is 1.29 bits per heavy atom. The zero-order valence-corrected chi connectivity index (χ0v) is 11.7. The van der Waals surface area contributed by atoms with Crippen LogP contribution in [0.4, 0.5) is 0 Å². The van der Waals surface area contributed by atoms with E-state index in [-0.39, 0.29) is 5.75 Å². The van der Waals surface area contributed by atoms with Gasteiger partial charge in [-0.3, -0.25) is 0 Å². The van der Waals surface area contributed by atoms with Crippen LogP contribution in [0.1, 0.15) is 5.56 Å². The smallest absolute Gasteiger partial charge is 0.212 e. The molecule has 6 heteroatoms. The monoisotopic (exact) mass is 360 g/mol. The lowest BCUT2D eigenvalue weighted by Crippen LogP contribution is -2.01. The maximum Gasteiger partial charge on any atom is 0.232 e. The number of hydrogen-bond acceptors (Lipinski definition) is 2. The van der Waals surface area contributed by atoms with Gasteiger partial charge in [0.05, 0.1) is 5.75 Å². The van der Waals surface area contributed by atoms with E-state index in [0.29, 0.717) is 6.42 Å². The third kappa shape index (κ3) is 4.29. The van der Waals surface area contributed by atoms with Crippen LogP contribution in [0, 0.1) is 0 Å². The van der Waals surface area contributed by atoms with Crippen molar-refractivity contribution in [1.82, 2.24) is 0 Å². The number of halogens is 3. The van der Waals surface area contributed by atoms with Crippen LogP contribution >= 0.6 is 42.5 Å². The molecule has 14 heavy (non-hydrogen) atoms. The fraction of sp³-hybridized carbons (Fsp3) is 0.250. The highest BCUT2D eigenvalue weighted by molar-refractivity contribution is 9.11. The van der Waals surface area contributed by atoms with Gasteiger partial charge in [-0.2, -0.15) is 0 Å². The molecule has 0 aliphatic carbocycles. The van der Waals surface area contributed by atoms with Gasteiger partial charge in [0.25, 0.3) is 0 Å². The lowest BCUT2D eigenvalue weighted by molar-refractivity contribution is 0.609. The Morgan fingerprint density at radius 3 is 2.50 bits per heavy atom. The van der Waals surface area contributed by atoms with Gasteiger partial charge < -0.3 is 0 Å². The van der Waals surface area contributed by atoms with E-state index in [1.165, 1.54) is 0 Å². The molecule has 1 aromatic carbocycles. The number of aryl methyl sites for hydroxylation is 1. The third-order valence-corrected chi connectivity index (χ3v) is 4.04. The predicted octanol–water partition coefficient (Wildman–Crippen LogP) is 3.32. The summed E-state index contributed by atoms with van der Waals surface area (Å²) < 4.78 is 23.3. The quantitative estimate of drug-likeness (QED) is 0.773. The SMILES string of the molecule is O=S(=O)(Cl)CCc1cc(Br)ccc1Br. The lowest BCUT2D eigenvalue weighted by atomic mass is 10.2. The first-order valence-corrected chi connectivity index (χ1v) is 7.81. The zero-order valence-electron chi connectivity index (χ0n) is 7.00. The first-order chi connectivity index (χ1) is 6.38. The number of hydrogen-bond donors (Lipinski definition) is 0. The van der Waals surface area contributed by atoms with E-state index < -0.39 is 9.05 Å². The van der Waals surface area contributed by atoms with E-state index in [0.717, 1.165) is 14.5 Å². The molecule has 0 heterocycles. The summed E-state index contributed by atoms with van der Waals surface area (Å²) in [6.45, 7) is 0. The van der Waals surface area contributed by atoms with Gasteiger partial charge in [-0.1, -0.05) is 31.9 Å². The Morgan fingerprint density at radius 2 is 1.93 bits per heavy atom. The molecule has 0 radical (unpaired) electrons. The highest BCUT2D eigenvalue weighted by Gasteiger charge is 2.08. The van der Waals surface area contributed by atoms with Crippen molar-refractivity contribution in [3.8, 4) is 0 Å². The van der Waals surface area contributed by atoms with E-state index in [2.05, 4.69) is 31.9 Å². The first-order valence-electron chi connectivity index (χ1n) is 3.75. The molecular formula is C8H7Br2ClO2S. The molecule has 0 saturated carbocycles. The summed E-state index contributed by atoms with van der Waals surface area (Å²) in [6.07, 6.45) is 0.409. The minimum absolute atomic E-state index is 0.0520. The molecule has 0 fully saturated rings. The van der Waals surface area contributed by atoms with Crippen LogP contribution in [0.5, 0.6) is 0 Å². The van der Waals surface area contributed by atoms with Gasteiger partial charge in [0.15, 0.2) is 0 Å². The fourth-order valence-corrected chi connectivity index (χ4v) is 2.52. The molecule has 0 spiro atoms. The number of benzene rings is 1. The van der Waals surface area contributed by atoms with E-state index in [1.807, 2.05) is 18.2 Å². The van der Waals surface area contributed by atoms with Crippen LogP contribution < -0.4 is 0 Å². The molecule has 0 aliphatic heterocycles. The zero-order chi connectivity index (χ0) is 10.8. The van der Waals surface area contributed by atoms with Gasteiger partial charge in [0.2, 0.25) is 9.05 Å². The first kappa shape index (κ1) is 12.5. The molecule has 0 aliphatic rings. The number of rotatable bonds is 3. The van der Waals surface area contributed by atoms with Gasteiger partial charge >= 0.3 is 0 Å². The summed E-state index contributed by atoms with van der Waals surface area (Å²) in [5, 5.41) is 0. The Kier molecular flexibility index (Phi) is 4.43. The second kappa shape index (κ2) is 4.96. The van der Waals surface area contributed by atoms with Gasteiger partial charge in [0, 0.05) is 19.6 Å². The van der Waals surface area contributed by atoms with Crippen molar-refractivity contribution in [3.05, 3.63) is 32.7 Å². The maximum absolute atomic E-state index is 10.7. The molecule has 1 rings (SSSR count). The summed E-state index contributed by atoms with van der Waals surface area (Å²) in [7, 11) is 1.70. The van der Waals surface area contributed by atoms with Crippen LogP contribution in [-0.4, -0.2) is 14.2 Å². The molecule has 78 valence electrons. The normalized spacial score (nSPS) is 11.6. The molecule has 0 aromatic heterocycles. The molecule has 0 saturated heterocycles. The topological polar surface area (TPSA) is 34.1 Å². The predicted molar refractivity (Wildman–Crippen MR) is 65.2 cm³/mol. The van der Waals surface area contributed by atoms with Crippen molar-refractivity contribution in [3.63, 3.8) is 0 Å². The maximum atomic E-state index is 10.7. The third-order valence-electron chi connectivity index (χ3n) is 1.62. The summed E-state index contributed by atoms with van der Waals surface area (Å²) >= 11 is 6.65. The summed E-state index contributed by atoms with van der Waals surface area (Å²) in [5.41, 5.74) is 0.920. The molecule has 1 aromatic rings. The van der Waals surface area contributed by atoms with Crippen molar-refractivity contribution in [2.75, 3.05) is 5.75 Å². The average molecular weight is 362 g/mol. The van der Waals surface area contributed by atoms with E-state index in [1.54, 1.807) is 0 Å². The van der Waals surface area contributed by atoms with Crippen LogP contribution in [0.25, 0.3) is 0 Å². The molecule has 0 amide bonds. The molecule has 0 bridgehead atoms. The van der Waals surface area contributed by atoms with Crippen molar-refractivity contribution in [2.24, 2.45) is 0 Å². The van der Waals surface area contributed by atoms with Crippen molar-refractivity contribution >= 4 is 51.6 Å². The van der Waals surface area contributed by atoms with E-state index in [9.17, 15) is 8.42 Å². The largest absolute Gasteiger partial charge is 0.232 e. The lowest BCUT2D eigenvalue weighted by Gasteiger charge is -2.03. The minimum Gasteiger partial charge on any atom is -0.212 e. The van der Waals surface area contributed by atoms with Crippen molar-refractivity contribution in [2.45, 2.75) is 6.42 Å². The van der Waals surface area contributed by atoms with Crippen LogP contribution in [0.3, 0.4) is 0 Å². The molecular weight excluding hydrogens is 355 g/mol. The fourth-order valence-electron chi connectivity index (χ4n) is 0.967. The van der Waals surface area contributed by atoms with Crippen LogP contribution in [0.15, 0.2) is 27.1 Å². The van der Waals surface area contributed by atoms with E-state index >= 15 is 0 Å². The highest BCUT2D eigenvalue weighted by Crippen LogP contribution is 2.22. The minimum atomic E-state index is -3.42. The van der Waals surface area contributed by atoms with Crippen LogP contribution in [0.2, 0.25) is 0 Å². The average Bonchev–Trinajstić information content (AvgIpc) is 2.05. The molecule has 0 atom stereocenters. The van der Waals surface area contributed by atoms with Gasteiger partial charge in [-0.05, 0) is 30.2 Å². The van der Waals surface area contributed by atoms with Gasteiger partial charge in [-0.25, -0.2) is 8.42 Å². The van der Waals surface area contributed by atoms with E-state index in [4.69, 9.17) is 10.7 Å². The molecule has 0 N–H and O–H groups in total. The highest BCUT2D eigenvalue weighted by atomic mass is 79.9. The Balaban J connectivity index is 2.81. The second-order valence-corrected chi connectivity index (χ2v) is 7.40. The Labute approximate surface area is 104 Å². The standard InChI is InChI=1S/C8H7Br2ClO2S/c9-7-1-2-8(10)6(5-7)3-4-14(11,12)13/h1-2,5H,3-4H2. The van der Waals surface area contributed by atoms with Crippen LogP contribution in [-0.2, 0) is 15.5 Å². The van der Waals surface area contributed by atoms with Gasteiger partial charge in [-0.15, -0.1) is 0 Å². The molecule has 2 nitrogen and oxygen atoms in total. The Hall–Kier alpha value is 0.420. The molecule has 0 unspecified atom stereocenters. The van der Waals surface area contributed by atoms with Crippen molar-refractivity contribution in [1.29, 1.82) is 0 Å². The van der Waals surface area contributed by atoms with Crippen molar-refractivity contribution < 1.29 is 8.42 Å². The summed E-state index contributed by atoms with van der Waals surface area (Å²) in [6, 6.07) is 5.61. The Bertz CT molecular complexity index is 431. The van der Waals surface area contributed by atoms with Gasteiger partial charge in [0.1, 0.15) is 0 Å².